The van der Waals surface area contributed by atoms with Crippen LogP contribution in [0.2, 0.25) is 0 Å². The van der Waals surface area contributed by atoms with Crippen molar-refractivity contribution in [2.75, 3.05) is 18.2 Å². The van der Waals surface area contributed by atoms with E-state index in [4.69, 9.17) is 4.74 Å². The summed E-state index contributed by atoms with van der Waals surface area (Å²) in [6.07, 6.45) is 1.79. The van der Waals surface area contributed by atoms with Crippen LogP contribution in [0.25, 0.3) is 0 Å². The fourth-order valence-corrected chi connectivity index (χ4v) is 4.65. The summed E-state index contributed by atoms with van der Waals surface area (Å²) < 4.78 is 30.5. The summed E-state index contributed by atoms with van der Waals surface area (Å²) in [6.45, 7) is 2.00. The van der Waals surface area contributed by atoms with Crippen LogP contribution in [0.4, 0.5) is 5.69 Å². The van der Waals surface area contributed by atoms with Crippen molar-refractivity contribution in [3.63, 3.8) is 0 Å². The number of nitrogens with one attached hydrogen (secondary N) is 2. The monoisotopic (exact) mass is 459 g/mol. The Morgan fingerprint density at radius 3 is 2.52 bits per heavy atom. The lowest BCUT2D eigenvalue weighted by atomic mass is 10.1. The zero-order valence-corrected chi connectivity index (χ0v) is 18.5. The van der Waals surface area contributed by atoms with Gasteiger partial charge in [-0.2, -0.15) is 0 Å². The van der Waals surface area contributed by atoms with Gasteiger partial charge in [-0.1, -0.05) is 36.9 Å². The maximum atomic E-state index is 12.7. The molecule has 0 saturated carbocycles. The Kier molecular flexibility index (Phi) is 7.13. The summed E-state index contributed by atoms with van der Waals surface area (Å²) >= 11 is 1.01. The molecule has 31 heavy (non-hydrogen) atoms. The van der Waals surface area contributed by atoms with Gasteiger partial charge in [-0.15, -0.1) is 0 Å². The number of hydrogen-bond donors (Lipinski definition) is 2. The molecule has 1 aromatic heterocycles. The molecular weight excluding hydrogens is 438 g/mol. The van der Waals surface area contributed by atoms with Gasteiger partial charge in [0.2, 0.25) is 15.7 Å². The minimum Gasteiger partial charge on any atom is -0.497 e. The molecule has 10 heteroatoms. The number of ether oxygens (including phenoxy) is 1. The van der Waals surface area contributed by atoms with Crippen LogP contribution in [0, 0.1) is 0 Å². The lowest BCUT2D eigenvalue weighted by Crippen LogP contribution is -2.20. The highest BCUT2D eigenvalue weighted by molar-refractivity contribution is 7.99. The van der Waals surface area contributed by atoms with Crippen LogP contribution in [0.5, 0.6) is 5.75 Å². The Balaban J connectivity index is 1.70. The number of methoxy groups -OCH3 is 1. The molecule has 0 fully saturated rings. The number of para-hydroxylation sites is 1. The van der Waals surface area contributed by atoms with Gasteiger partial charge in [0.15, 0.2) is 10.1 Å². The molecule has 0 aliphatic rings. The first kappa shape index (κ1) is 22.6. The van der Waals surface area contributed by atoms with Crippen LogP contribution in [-0.4, -0.2) is 37.2 Å². The Morgan fingerprint density at radius 1 is 1.16 bits per heavy atom. The number of carbonyl (C=O) groups excluding carboxylic acids is 1. The van der Waals surface area contributed by atoms with E-state index in [9.17, 15) is 18.0 Å². The maximum absolute atomic E-state index is 12.7. The molecule has 162 valence electrons. The summed E-state index contributed by atoms with van der Waals surface area (Å²) in [5, 5.41) is 2.98. The van der Waals surface area contributed by atoms with E-state index in [1.54, 1.807) is 0 Å². The molecule has 0 radical (unpaired) electrons. The number of aromatic amines is 1. The average molecular weight is 460 g/mol. The third-order valence-electron chi connectivity index (χ3n) is 4.41. The minimum absolute atomic E-state index is 0.00552. The third kappa shape index (κ3) is 5.33. The van der Waals surface area contributed by atoms with Gasteiger partial charge in [0, 0.05) is 5.69 Å². The van der Waals surface area contributed by atoms with E-state index in [-0.39, 0.29) is 21.7 Å². The molecule has 0 atom stereocenters. The van der Waals surface area contributed by atoms with Crippen molar-refractivity contribution in [1.29, 1.82) is 0 Å². The fraction of sp³-hybridized carbons (Fsp3) is 0.190. The first-order valence-corrected chi connectivity index (χ1v) is 11.8. The van der Waals surface area contributed by atoms with E-state index in [1.165, 1.54) is 31.4 Å². The number of carbonyl (C=O) groups is 1. The van der Waals surface area contributed by atoms with Gasteiger partial charge in [-0.3, -0.25) is 9.59 Å². The number of amides is 1. The van der Waals surface area contributed by atoms with Gasteiger partial charge >= 0.3 is 0 Å². The number of sulfone groups is 1. The highest BCUT2D eigenvalue weighted by atomic mass is 32.2. The first-order valence-electron chi connectivity index (χ1n) is 9.34. The summed E-state index contributed by atoms with van der Waals surface area (Å²) in [4.78, 5) is 30.5. The fourth-order valence-electron chi connectivity index (χ4n) is 2.78. The first-order chi connectivity index (χ1) is 14.8. The van der Waals surface area contributed by atoms with Gasteiger partial charge in [0.05, 0.1) is 24.0 Å². The molecule has 1 heterocycles. The van der Waals surface area contributed by atoms with Crippen LogP contribution in [-0.2, 0) is 21.1 Å². The summed E-state index contributed by atoms with van der Waals surface area (Å²) in [6, 6.07) is 13.2. The molecule has 0 bridgehead atoms. The van der Waals surface area contributed by atoms with Gasteiger partial charge in [0.25, 0.3) is 5.56 Å². The molecule has 0 aliphatic carbocycles. The van der Waals surface area contributed by atoms with Crippen molar-refractivity contribution >= 4 is 33.2 Å². The van der Waals surface area contributed by atoms with E-state index in [2.05, 4.69) is 15.3 Å². The van der Waals surface area contributed by atoms with Crippen LogP contribution in [0.3, 0.4) is 0 Å². The van der Waals surface area contributed by atoms with Crippen LogP contribution in [0.1, 0.15) is 12.5 Å². The highest BCUT2D eigenvalue weighted by Crippen LogP contribution is 2.22. The zero-order valence-electron chi connectivity index (χ0n) is 16.9. The molecule has 0 spiro atoms. The van der Waals surface area contributed by atoms with Gasteiger partial charge < -0.3 is 15.0 Å². The summed E-state index contributed by atoms with van der Waals surface area (Å²) in [7, 11) is -2.57. The lowest BCUT2D eigenvalue weighted by Gasteiger charge is -2.09. The number of benzene rings is 2. The SMILES string of the molecule is CCc1ccccc1NC(=O)CSc1ncc(S(=O)(=O)c2ccc(OC)cc2)c(=O)[nH]1. The summed E-state index contributed by atoms with van der Waals surface area (Å²) in [5.41, 5.74) is 0.948. The molecule has 8 nitrogen and oxygen atoms in total. The predicted octanol–water partition coefficient (Wildman–Crippen LogP) is 2.90. The molecule has 0 unspecified atom stereocenters. The van der Waals surface area contributed by atoms with E-state index in [1.807, 2.05) is 31.2 Å². The highest BCUT2D eigenvalue weighted by Gasteiger charge is 2.22. The zero-order chi connectivity index (χ0) is 22.4. The van der Waals surface area contributed by atoms with E-state index >= 15 is 0 Å². The molecule has 0 saturated heterocycles. The normalized spacial score (nSPS) is 11.2. The molecule has 0 aliphatic heterocycles. The Hall–Kier alpha value is -3.11. The second kappa shape index (κ2) is 9.80. The van der Waals surface area contributed by atoms with Crippen molar-refractivity contribution in [1.82, 2.24) is 9.97 Å². The van der Waals surface area contributed by atoms with Crippen molar-refractivity contribution < 1.29 is 17.9 Å². The lowest BCUT2D eigenvalue weighted by molar-refractivity contribution is -0.113. The second-order valence-corrected chi connectivity index (χ2v) is 9.29. The van der Waals surface area contributed by atoms with Gasteiger partial charge in [0.1, 0.15) is 5.75 Å². The molecular formula is C21H21N3O5S2. The quantitative estimate of drug-likeness (QED) is 0.393. The van der Waals surface area contributed by atoms with Crippen molar-refractivity contribution in [3.8, 4) is 5.75 Å². The molecule has 3 rings (SSSR count). The minimum atomic E-state index is -4.04. The van der Waals surface area contributed by atoms with Crippen molar-refractivity contribution in [3.05, 3.63) is 70.6 Å². The Morgan fingerprint density at radius 2 is 1.87 bits per heavy atom. The number of thioether (sulfide) groups is 1. The topological polar surface area (TPSA) is 118 Å². The van der Waals surface area contributed by atoms with E-state index in [0.717, 1.165) is 35.6 Å². The smallest absolute Gasteiger partial charge is 0.270 e. The van der Waals surface area contributed by atoms with Gasteiger partial charge in [-0.05, 0) is 42.3 Å². The Bertz CT molecular complexity index is 1240. The molecule has 1 amide bonds. The van der Waals surface area contributed by atoms with E-state index in [0.29, 0.717) is 5.75 Å². The van der Waals surface area contributed by atoms with Crippen LogP contribution >= 0.6 is 11.8 Å². The van der Waals surface area contributed by atoms with Crippen molar-refractivity contribution in [2.45, 2.75) is 28.3 Å². The number of aromatic nitrogens is 2. The standard InChI is InChI=1S/C21H21N3O5S2/c1-3-14-6-4-5-7-17(14)23-19(25)13-30-21-22-12-18(20(26)24-21)31(27,28)16-10-8-15(29-2)9-11-16/h4-12H,3,13H2,1-2H3,(H,23,25)(H,22,24,26). The molecule has 2 aromatic carbocycles. The number of rotatable bonds is 8. The third-order valence-corrected chi connectivity index (χ3v) is 7.06. The second-order valence-electron chi connectivity index (χ2n) is 6.41. The number of nitrogens with zero attached hydrogens (tertiary/aromatic N) is 1. The maximum Gasteiger partial charge on any atom is 0.270 e. The number of anilines is 1. The number of aryl methyl sites for hydroxylation is 1. The van der Waals surface area contributed by atoms with E-state index < -0.39 is 20.3 Å². The Labute approximate surface area is 184 Å². The number of H-pyrrole nitrogens is 1. The van der Waals surface area contributed by atoms with Crippen LogP contribution < -0.4 is 15.6 Å². The summed E-state index contributed by atoms with van der Waals surface area (Å²) in [5.74, 6) is 0.243. The van der Waals surface area contributed by atoms with Gasteiger partial charge in [-0.25, -0.2) is 13.4 Å². The number of hydrogen-bond acceptors (Lipinski definition) is 7. The van der Waals surface area contributed by atoms with Crippen LogP contribution in [0.15, 0.2) is 74.5 Å². The predicted molar refractivity (Wildman–Crippen MR) is 118 cm³/mol. The molecule has 2 N–H and O–H groups in total. The molecule has 3 aromatic rings. The average Bonchev–Trinajstić information content (AvgIpc) is 2.78. The van der Waals surface area contributed by atoms with Crippen molar-refractivity contribution in [2.24, 2.45) is 0 Å². The largest absolute Gasteiger partial charge is 0.497 e.